The third kappa shape index (κ3) is 2.56. The van der Waals surface area contributed by atoms with Crippen LogP contribution < -0.4 is 4.90 Å². The van der Waals surface area contributed by atoms with Crippen LogP contribution in [0.15, 0.2) is 36.4 Å². The van der Waals surface area contributed by atoms with Gasteiger partial charge in [-0.15, -0.1) is 11.3 Å². The fraction of sp³-hybridized carbons (Fsp3) is 0.125. The van der Waals surface area contributed by atoms with E-state index in [0.717, 1.165) is 9.60 Å². The van der Waals surface area contributed by atoms with E-state index < -0.39 is 23.3 Å². The van der Waals surface area contributed by atoms with Crippen LogP contribution in [-0.2, 0) is 9.59 Å². The molecule has 1 heterocycles. The highest BCUT2D eigenvalue weighted by molar-refractivity contribution is 7.25. The van der Waals surface area contributed by atoms with E-state index in [2.05, 4.69) is 0 Å². The average molecular weight is 344 g/mol. The number of nitro groups is 1. The number of carboxylic acids is 1. The van der Waals surface area contributed by atoms with E-state index >= 15 is 0 Å². The lowest BCUT2D eigenvalue weighted by atomic mass is 10.1. The van der Waals surface area contributed by atoms with E-state index in [-0.39, 0.29) is 11.4 Å². The monoisotopic (exact) mass is 344 g/mol. The predicted octanol–water partition coefficient (Wildman–Crippen LogP) is 3.40. The van der Waals surface area contributed by atoms with Gasteiger partial charge in [0.1, 0.15) is 12.2 Å². The van der Waals surface area contributed by atoms with Crippen molar-refractivity contribution < 1.29 is 19.6 Å². The largest absolute Gasteiger partial charge is 0.480 e. The first kappa shape index (κ1) is 15.9. The summed E-state index contributed by atoms with van der Waals surface area (Å²) in [7, 11) is 0. The minimum atomic E-state index is -1.24. The van der Waals surface area contributed by atoms with Crippen LogP contribution in [0.3, 0.4) is 0 Å². The van der Waals surface area contributed by atoms with Gasteiger partial charge < -0.3 is 5.11 Å². The number of benzene rings is 2. The van der Waals surface area contributed by atoms with Crippen molar-refractivity contribution in [1.29, 1.82) is 0 Å². The van der Waals surface area contributed by atoms with Gasteiger partial charge in [0.2, 0.25) is 5.91 Å². The Bertz CT molecular complexity index is 995. The smallest absolute Gasteiger partial charge is 0.323 e. The molecule has 0 bridgehead atoms. The normalized spacial score (nSPS) is 10.9. The molecular formula is C16H12N2O5S. The summed E-state index contributed by atoms with van der Waals surface area (Å²) in [5.41, 5.74) is -0.257. The number of rotatable bonds is 4. The number of fused-ring (bicyclic) bond motifs is 3. The molecular weight excluding hydrogens is 332 g/mol. The Labute approximate surface area is 139 Å². The number of amides is 1. The molecule has 0 saturated heterocycles. The van der Waals surface area contributed by atoms with Crippen LogP contribution >= 0.6 is 11.3 Å². The molecule has 0 radical (unpaired) electrons. The van der Waals surface area contributed by atoms with Crippen molar-refractivity contribution in [1.82, 2.24) is 0 Å². The Morgan fingerprint density at radius 3 is 2.54 bits per heavy atom. The summed E-state index contributed by atoms with van der Waals surface area (Å²) in [5, 5.41) is 21.9. The number of anilines is 1. The molecule has 122 valence electrons. The lowest BCUT2D eigenvalue weighted by molar-refractivity contribution is -0.382. The molecule has 8 heteroatoms. The first-order valence-corrected chi connectivity index (χ1v) is 7.80. The highest BCUT2D eigenvalue weighted by atomic mass is 32.1. The summed E-state index contributed by atoms with van der Waals surface area (Å²) in [6.07, 6.45) is 0. The molecule has 7 nitrogen and oxygen atoms in total. The zero-order valence-electron chi connectivity index (χ0n) is 12.6. The number of nitro benzene ring substituents is 1. The van der Waals surface area contributed by atoms with Crippen LogP contribution in [0.4, 0.5) is 11.4 Å². The second-order valence-electron chi connectivity index (χ2n) is 5.16. The zero-order chi connectivity index (χ0) is 17.4. The number of aliphatic carboxylic acids is 1. The topological polar surface area (TPSA) is 101 Å². The molecule has 24 heavy (non-hydrogen) atoms. The number of carbonyl (C=O) groups is 2. The Balaban J connectivity index is 2.38. The predicted molar refractivity (Wildman–Crippen MR) is 91.6 cm³/mol. The van der Waals surface area contributed by atoms with E-state index in [1.54, 1.807) is 18.2 Å². The van der Waals surface area contributed by atoms with Crippen molar-refractivity contribution in [3.63, 3.8) is 0 Å². The summed E-state index contributed by atoms with van der Waals surface area (Å²) in [5.74, 6) is -1.81. The van der Waals surface area contributed by atoms with Crippen molar-refractivity contribution in [2.45, 2.75) is 6.92 Å². The standard InChI is InChI=1S/C16H12N2O5S/c1-9(19)17(8-14(20)21)11-6-7-13-15(16(11)18(22)23)10-4-2-3-5-12(10)24-13/h2-7H,8H2,1H3,(H,20,21). The highest BCUT2D eigenvalue weighted by Gasteiger charge is 2.28. The van der Waals surface area contributed by atoms with Gasteiger partial charge in [0, 0.05) is 21.7 Å². The SMILES string of the molecule is CC(=O)N(CC(=O)O)c1ccc2sc3ccccc3c2c1[N+](=O)[O-]. The number of nitrogens with zero attached hydrogens (tertiary/aromatic N) is 2. The van der Waals surface area contributed by atoms with Gasteiger partial charge in [0.25, 0.3) is 0 Å². The molecule has 1 amide bonds. The first-order valence-electron chi connectivity index (χ1n) is 6.98. The Kier molecular flexibility index (Phi) is 3.90. The number of carbonyl (C=O) groups excluding carboxylic acids is 1. The maximum atomic E-state index is 11.8. The molecule has 0 fully saturated rings. The minimum absolute atomic E-state index is 0.00838. The fourth-order valence-corrected chi connectivity index (χ4v) is 3.80. The van der Waals surface area contributed by atoms with E-state index in [9.17, 15) is 19.7 Å². The molecule has 0 saturated carbocycles. The number of thiophene rings is 1. The molecule has 0 unspecified atom stereocenters. The second kappa shape index (κ2) is 5.89. The van der Waals surface area contributed by atoms with Crippen molar-refractivity contribution >= 4 is 54.8 Å². The van der Waals surface area contributed by atoms with Gasteiger partial charge in [-0.25, -0.2) is 0 Å². The van der Waals surface area contributed by atoms with Gasteiger partial charge in [0.05, 0.1) is 10.3 Å². The summed E-state index contributed by atoms with van der Waals surface area (Å²) in [6.45, 7) is 0.548. The van der Waals surface area contributed by atoms with Crippen LogP contribution in [0.25, 0.3) is 20.2 Å². The third-order valence-electron chi connectivity index (χ3n) is 3.64. The van der Waals surface area contributed by atoms with E-state index in [0.29, 0.717) is 15.5 Å². The molecule has 0 aliphatic heterocycles. The highest BCUT2D eigenvalue weighted by Crippen LogP contribution is 2.44. The molecule has 0 spiro atoms. The summed E-state index contributed by atoms with van der Waals surface area (Å²) < 4.78 is 1.60. The van der Waals surface area contributed by atoms with Crippen molar-refractivity contribution in [3.05, 3.63) is 46.5 Å². The molecule has 2 aromatic carbocycles. The minimum Gasteiger partial charge on any atom is -0.480 e. The van der Waals surface area contributed by atoms with Gasteiger partial charge in [-0.05, 0) is 18.2 Å². The van der Waals surface area contributed by atoms with Crippen LogP contribution in [0, 0.1) is 10.1 Å². The van der Waals surface area contributed by atoms with Crippen molar-refractivity contribution in [3.8, 4) is 0 Å². The van der Waals surface area contributed by atoms with Crippen LogP contribution in [0.5, 0.6) is 0 Å². The van der Waals surface area contributed by atoms with Gasteiger partial charge in [-0.3, -0.25) is 24.6 Å². The second-order valence-corrected chi connectivity index (χ2v) is 6.24. The van der Waals surface area contributed by atoms with Crippen LogP contribution in [0.2, 0.25) is 0 Å². The van der Waals surface area contributed by atoms with Gasteiger partial charge in [0.15, 0.2) is 0 Å². The first-order chi connectivity index (χ1) is 11.4. The lowest BCUT2D eigenvalue weighted by Gasteiger charge is -2.19. The van der Waals surface area contributed by atoms with Crippen molar-refractivity contribution in [2.75, 3.05) is 11.4 Å². The van der Waals surface area contributed by atoms with E-state index in [1.165, 1.54) is 24.3 Å². The maximum absolute atomic E-state index is 11.8. The quantitative estimate of drug-likeness (QED) is 0.577. The molecule has 0 aliphatic rings. The zero-order valence-corrected chi connectivity index (χ0v) is 13.4. The molecule has 1 N–H and O–H groups in total. The Morgan fingerprint density at radius 2 is 1.92 bits per heavy atom. The van der Waals surface area contributed by atoms with Gasteiger partial charge >= 0.3 is 11.7 Å². The lowest BCUT2D eigenvalue weighted by Crippen LogP contribution is -2.34. The van der Waals surface area contributed by atoms with Crippen molar-refractivity contribution in [2.24, 2.45) is 0 Å². The molecule has 3 aromatic rings. The van der Waals surface area contributed by atoms with E-state index in [1.807, 2.05) is 12.1 Å². The Hall–Kier alpha value is -3.00. The third-order valence-corrected chi connectivity index (χ3v) is 4.78. The summed E-state index contributed by atoms with van der Waals surface area (Å²) in [4.78, 5) is 34.9. The van der Waals surface area contributed by atoms with E-state index in [4.69, 9.17) is 5.11 Å². The number of carboxylic acid groups (broad SMARTS) is 1. The average Bonchev–Trinajstić information content (AvgIpc) is 2.89. The van der Waals surface area contributed by atoms with Gasteiger partial charge in [-0.2, -0.15) is 0 Å². The summed E-state index contributed by atoms with van der Waals surface area (Å²) >= 11 is 1.41. The maximum Gasteiger partial charge on any atom is 0.323 e. The summed E-state index contributed by atoms with van der Waals surface area (Å²) in [6, 6.07) is 10.4. The molecule has 3 rings (SSSR count). The van der Waals surface area contributed by atoms with Gasteiger partial charge in [-0.1, -0.05) is 18.2 Å². The van der Waals surface area contributed by atoms with Crippen LogP contribution in [-0.4, -0.2) is 28.5 Å². The van der Waals surface area contributed by atoms with Crippen LogP contribution in [0.1, 0.15) is 6.92 Å². The fourth-order valence-electron chi connectivity index (χ4n) is 2.69. The molecule has 0 atom stereocenters. The molecule has 1 aromatic heterocycles. The number of hydrogen-bond acceptors (Lipinski definition) is 5. The Morgan fingerprint density at radius 1 is 1.21 bits per heavy atom. The number of hydrogen-bond donors (Lipinski definition) is 1. The molecule has 0 aliphatic carbocycles.